The fraction of sp³-hybridized carbons (Fsp3) is 0.500. The van der Waals surface area contributed by atoms with E-state index in [1.54, 1.807) is 0 Å². The lowest BCUT2D eigenvalue weighted by Gasteiger charge is -2.27. The number of benzene rings is 1. The van der Waals surface area contributed by atoms with Gasteiger partial charge < -0.3 is 10.5 Å². The first kappa shape index (κ1) is 17.0. The summed E-state index contributed by atoms with van der Waals surface area (Å²) in [6.07, 6.45) is 0.498. The zero-order chi connectivity index (χ0) is 15.5. The Labute approximate surface area is 125 Å². The predicted octanol–water partition coefficient (Wildman–Crippen LogP) is 3.71. The number of ether oxygens (including phenoxy) is 1. The Bertz CT molecular complexity index is 506. The second-order valence-electron chi connectivity index (χ2n) is 5.52. The topological polar surface area (TPSA) is 52.3 Å². The average molecular weight is 350 g/mol. The minimum Gasteiger partial charge on any atom is -0.469 e. The van der Waals surface area contributed by atoms with Gasteiger partial charge in [0.1, 0.15) is 11.6 Å². The molecule has 0 aromatic heterocycles. The standard InChI is InChI=1S/C14H18BrF2NO2/c1-14(2,7-13(19)20-3)6-12(18)8-4-11(17)9(15)5-10(8)16/h4-5,12H,6-7,18H2,1-3H3. The second kappa shape index (κ2) is 6.63. The van der Waals surface area contributed by atoms with Crippen molar-refractivity contribution in [2.75, 3.05) is 7.11 Å². The fourth-order valence-corrected chi connectivity index (χ4v) is 2.38. The Morgan fingerprint density at radius 1 is 1.40 bits per heavy atom. The third-order valence-electron chi connectivity index (χ3n) is 3.06. The Kier molecular flexibility index (Phi) is 5.65. The Morgan fingerprint density at radius 3 is 2.55 bits per heavy atom. The maximum atomic E-state index is 13.8. The van der Waals surface area contributed by atoms with Crippen LogP contribution in [0.25, 0.3) is 0 Å². The van der Waals surface area contributed by atoms with Gasteiger partial charge in [0.15, 0.2) is 0 Å². The van der Waals surface area contributed by atoms with E-state index in [1.165, 1.54) is 7.11 Å². The van der Waals surface area contributed by atoms with Crippen LogP contribution in [0.15, 0.2) is 16.6 Å². The molecule has 0 aliphatic carbocycles. The molecule has 1 atom stereocenters. The second-order valence-corrected chi connectivity index (χ2v) is 6.37. The highest BCUT2D eigenvalue weighted by molar-refractivity contribution is 9.10. The van der Waals surface area contributed by atoms with E-state index in [0.717, 1.165) is 12.1 Å². The maximum Gasteiger partial charge on any atom is 0.306 e. The van der Waals surface area contributed by atoms with Crippen LogP contribution >= 0.6 is 15.9 Å². The first-order chi connectivity index (χ1) is 9.16. The molecule has 1 unspecified atom stereocenters. The minimum absolute atomic E-state index is 0.0553. The number of halogens is 3. The molecule has 1 aromatic rings. The van der Waals surface area contributed by atoms with Gasteiger partial charge in [-0.2, -0.15) is 0 Å². The maximum absolute atomic E-state index is 13.8. The first-order valence-corrected chi connectivity index (χ1v) is 6.92. The number of carbonyl (C=O) groups is 1. The molecule has 0 saturated heterocycles. The number of rotatable bonds is 5. The van der Waals surface area contributed by atoms with Crippen LogP contribution < -0.4 is 5.73 Å². The quantitative estimate of drug-likeness (QED) is 0.651. The smallest absolute Gasteiger partial charge is 0.306 e. The number of hydrogen-bond acceptors (Lipinski definition) is 3. The van der Waals surface area contributed by atoms with Gasteiger partial charge >= 0.3 is 5.97 Å². The van der Waals surface area contributed by atoms with Gasteiger partial charge in [0.05, 0.1) is 18.0 Å². The molecule has 0 bridgehead atoms. The number of hydrogen-bond donors (Lipinski definition) is 1. The van der Waals surface area contributed by atoms with Gasteiger partial charge in [0, 0.05) is 11.6 Å². The minimum atomic E-state index is -0.697. The fourth-order valence-electron chi connectivity index (χ4n) is 2.06. The average Bonchev–Trinajstić information content (AvgIpc) is 2.32. The van der Waals surface area contributed by atoms with Gasteiger partial charge in [-0.3, -0.25) is 4.79 Å². The van der Waals surface area contributed by atoms with Crippen molar-refractivity contribution in [3.63, 3.8) is 0 Å². The molecule has 6 heteroatoms. The van der Waals surface area contributed by atoms with Crippen molar-refractivity contribution < 1.29 is 18.3 Å². The number of carbonyl (C=O) groups excluding carboxylic acids is 1. The molecule has 0 spiro atoms. The van der Waals surface area contributed by atoms with Crippen LogP contribution in [0.4, 0.5) is 8.78 Å². The lowest BCUT2D eigenvalue weighted by atomic mass is 9.81. The third kappa shape index (κ3) is 4.52. The lowest BCUT2D eigenvalue weighted by molar-refractivity contribution is -0.143. The molecule has 0 radical (unpaired) electrons. The molecule has 0 aliphatic rings. The summed E-state index contributed by atoms with van der Waals surface area (Å²) < 4.78 is 32.0. The molecule has 1 aromatic carbocycles. The van der Waals surface area contributed by atoms with E-state index < -0.39 is 23.1 Å². The van der Waals surface area contributed by atoms with Crippen LogP contribution in [0.2, 0.25) is 0 Å². The van der Waals surface area contributed by atoms with Crippen molar-refractivity contribution in [3.8, 4) is 0 Å². The summed E-state index contributed by atoms with van der Waals surface area (Å²) in [4.78, 5) is 11.3. The van der Waals surface area contributed by atoms with Gasteiger partial charge in [-0.25, -0.2) is 8.78 Å². The molecule has 1 rings (SSSR count). The van der Waals surface area contributed by atoms with E-state index in [1.807, 2.05) is 13.8 Å². The monoisotopic (exact) mass is 349 g/mol. The molecule has 2 N–H and O–H groups in total. The van der Waals surface area contributed by atoms with E-state index >= 15 is 0 Å². The van der Waals surface area contributed by atoms with Crippen LogP contribution in [0.5, 0.6) is 0 Å². The van der Waals surface area contributed by atoms with Crippen molar-refractivity contribution in [1.82, 2.24) is 0 Å². The summed E-state index contributed by atoms with van der Waals surface area (Å²) in [7, 11) is 1.31. The van der Waals surface area contributed by atoms with Crippen molar-refractivity contribution in [2.24, 2.45) is 11.1 Å². The molecular weight excluding hydrogens is 332 g/mol. The summed E-state index contributed by atoms with van der Waals surface area (Å²) in [6, 6.07) is 1.44. The molecule has 20 heavy (non-hydrogen) atoms. The summed E-state index contributed by atoms with van der Waals surface area (Å²) >= 11 is 2.92. The highest BCUT2D eigenvalue weighted by Crippen LogP contribution is 2.34. The molecular formula is C14H18BrF2NO2. The summed E-state index contributed by atoms with van der Waals surface area (Å²) in [5.74, 6) is -1.49. The van der Waals surface area contributed by atoms with Gasteiger partial charge in [-0.05, 0) is 39.9 Å². The van der Waals surface area contributed by atoms with E-state index in [-0.39, 0.29) is 22.4 Å². The highest BCUT2D eigenvalue weighted by atomic mass is 79.9. The van der Waals surface area contributed by atoms with E-state index in [2.05, 4.69) is 20.7 Å². The van der Waals surface area contributed by atoms with Crippen LogP contribution in [0.1, 0.15) is 38.3 Å². The van der Waals surface area contributed by atoms with E-state index in [0.29, 0.717) is 6.42 Å². The molecule has 3 nitrogen and oxygen atoms in total. The SMILES string of the molecule is COC(=O)CC(C)(C)CC(N)c1cc(F)c(Br)cc1F. The zero-order valence-electron chi connectivity index (χ0n) is 11.7. The summed E-state index contributed by atoms with van der Waals surface area (Å²) in [6.45, 7) is 3.66. The Balaban J connectivity index is 2.88. The Morgan fingerprint density at radius 2 is 2.00 bits per heavy atom. The van der Waals surface area contributed by atoms with Crippen LogP contribution in [0, 0.1) is 17.0 Å². The van der Waals surface area contributed by atoms with Crippen molar-refractivity contribution in [1.29, 1.82) is 0 Å². The van der Waals surface area contributed by atoms with Gasteiger partial charge in [0.25, 0.3) is 0 Å². The van der Waals surface area contributed by atoms with Crippen molar-refractivity contribution in [2.45, 2.75) is 32.7 Å². The lowest BCUT2D eigenvalue weighted by Crippen LogP contribution is -2.25. The van der Waals surface area contributed by atoms with Crippen LogP contribution in [-0.4, -0.2) is 13.1 Å². The normalized spacial score (nSPS) is 13.2. The van der Waals surface area contributed by atoms with Gasteiger partial charge in [-0.1, -0.05) is 13.8 Å². The predicted molar refractivity (Wildman–Crippen MR) is 76.0 cm³/mol. The van der Waals surface area contributed by atoms with Gasteiger partial charge in [-0.15, -0.1) is 0 Å². The van der Waals surface area contributed by atoms with Crippen molar-refractivity contribution >= 4 is 21.9 Å². The summed E-state index contributed by atoms with van der Waals surface area (Å²) in [5, 5.41) is 0. The number of esters is 1. The summed E-state index contributed by atoms with van der Waals surface area (Å²) in [5.41, 5.74) is 5.57. The number of nitrogens with two attached hydrogens (primary N) is 1. The molecule has 0 heterocycles. The molecule has 0 amide bonds. The third-order valence-corrected chi connectivity index (χ3v) is 3.67. The molecule has 0 aliphatic heterocycles. The van der Waals surface area contributed by atoms with Gasteiger partial charge in [0.2, 0.25) is 0 Å². The molecule has 0 saturated carbocycles. The first-order valence-electron chi connectivity index (χ1n) is 6.13. The highest BCUT2D eigenvalue weighted by Gasteiger charge is 2.27. The molecule has 0 fully saturated rings. The van der Waals surface area contributed by atoms with E-state index in [9.17, 15) is 13.6 Å². The number of methoxy groups -OCH3 is 1. The largest absolute Gasteiger partial charge is 0.469 e. The molecule has 112 valence electrons. The zero-order valence-corrected chi connectivity index (χ0v) is 13.3. The van der Waals surface area contributed by atoms with E-state index in [4.69, 9.17) is 5.73 Å². The van der Waals surface area contributed by atoms with Crippen LogP contribution in [-0.2, 0) is 9.53 Å². The van der Waals surface area contributed by atoms with Crippen molar-refractivity contribution in [3.05, 3.63) is 33.8 Å². The van der Waals surface area contributed by atoms with Crippen LogP contribution in [0.3, 0.4) is 0 Å². The Hall–Kier alpha value is -1.01.